The summed E-state index contributed by atoms with van der Waals surface area (Å²) in [5.41, 5.74) is 0. The van der Waals surface area contributed by atoms with E-state index in [0.29, 0.717) is 0 Å². The van der Waals surface area contributed by atoms with Crippen LogP contribution in [0.1, 0.15) is 13.8 Å². The Hall–Kier alpha value is 0.249. The van der Waals surface area contributed by atoms with Crippen molar-refractivity contribution in [2.24, 2.45) is 0 Å². The number of hydrogen-bond donors (Lipinski definition) is 1. The van der Waals surface area contributed by atoms with Crippen LogP contribution in [0, 0.1) is 0 Å². The van der Waals surface area contributed by atoms with Gasteiger partial charge in [0, 0.05) is 40.2 Å². The van der Waals surface area contributed by atoms with E-state index in [1.54, 1.807) is 0 Å². The van der Waals surface area contributed by atoms with Crippen molar-refractivity contribution in [2.75, 3.05) is 0 Å². The van der Waals surface area contributed by atoms with Crippen molar-refractivity contribution >= 4 is 5.78 Å². The molecule has 0 aromatic carbocycles. The standard InChI is InChI=1S/C5H8O2.Fe.Mn/c1-4(6)3-5(2)7;;/h3,6H,1-2H3;;/b4-3-;;. The van der Waals surface area contributed by atoms with Gasteiger partial charge < -0.3 is 5.11 Å². The Balaban J connectivity index is -0.000000180. The summed E-state index contributed by atoms with van der Waals surface area (Å²) in [6, 6.07) is 0. The third-order valence-electron chi connectivity index (χ3n) is 0.412. The molecule has 0 heterocycles. The van der Waals surface area contributed by atoms with Gasteiger partial charge in [-0.15, -0.1) is 0 Å². The van der Waals surface area contributed by atoms with Gasteiger partial charge in [-0.25, -0.2) is 0 Å². The number of carbonyl (C=O) groups is 1. The molecule has 0 aromatic rings. The summed E-state index contributed by atoms with van der Waals surface area (Å²) in [4.78, 5) is 10.0. The van der Waals surface area contributed by atoms with Gasteiger partial charge in [0.1, 0.15) is 0 Å². The molecule has 4 heteroatoms. The second kappa shape index (κ2) is 8.25. The van der Waals surface area contributed by atoms with E-state index >= 15 is 0 Å². The van der Waals surface area contributed by atoms with Crippen LogP contribution < -0.4 is 0 Å². The zero-order chi connectivity index (χ0) is 5.86. The minimum absolute atomic E-state index is 0. The van der Waals surface area contributed by atoms with Gasteiger partial charge in [-0.2, -0.15) is 0 Å². The number of hydrogen-bond acceptors (Lipinski definition) is 2. The first kappa shape index (κ1) is 16.1. The molecule has 0 atom stereocenters. The molecule has 0 unspecified atom stereocenters. The van der Waals surface area contributed by atoms with Crippen molar-refractivity contribution in [3.8, 4) is 0 Å². The molecule has 1 N–H and O–H groups in total. The van der Waals surface area contributed by atoms with E-state index in [0.717, 1.165) is 0 Å². The van der Waals surface area contributed by atoms with E-state index in [1.165, 1.54) is 19.9 Å². The van der Waals surface area contributed by atoms with Crippen LogP contribution >= 0.6 is 0 Å². The Kier molecular flexibility index (Phi) is 14.8. The molecule has 2 nitrogen and oxygen atoms in total. The fourth-order valence-corrected chi connectivity index (χ4v) is 0.294. The molecule has 0 aliphatic rings. The summed E-state index contributed by atoms with van der Waals surface area (Å²) >= 11 is 0. The van der Waals surface area contributed by atoms with Gasteiger partial charge >= 0.3 is 0 Å². The van der Waals surface area contributed by atoms with E-state index in [-0.39, 0.29) is 45.7 Å². The van der Waals surface area contributed by atoms with Crippen LogP contribution in [0.4, 0.5) is 0 Å². The van der Waals surface area contributed by atoms with Crippen LogP contribution in [0.15, 0.2) is 11.8 Å². The first-order valence-corrected chi connectivity index (χ1v) is 2.01. The smallest absolute Gasteiger partial charge is 0.155 e. The van der Waals surface area contributed by atoms with Gasteiger partial charge in [-0.05, 0) is 13.8 Å². The Morgan fingerprint density at radius 2 is 1.78 bits per heavy atom. The van der Waals surface area contributed by atoms with Crippen LogP contribution in [-0.4, -0.2) is 10.9 Å². The minimum atomic E-state index is -0.125. The topological polar surface area (TPSA) is 37.3 Å². The number of ketones is 1. The monoisotopic (exact) mass is 211 g/mol. The second-order valence-electron chi connectivity index (χ2n) is 1.40. The summed E-state index contributed by atoms with van der Waals surface area (Å²) in [5, 5.41) is 8.36. The quantitative estimate of drug-likeness (QED) is 0.399. The summed E-state index contributed by atoms with van der Waals surface area (Å²) in [7, 11) is 0. The van der Waals surface area contributed by atoms with Crippen LogP contribution in [0.25, 0.3) is 0 Å². The number of carbonyl (C=O) groups excluding carboxylic acids is 1. The molecule has 9 heavy (non-hydrogen) atoms. The fraction of sp³-hybridized carbons (Fsp3) is 0.400. The zero-order valence-corrected chi connectivity index (χ0v) is 7.45. The zero-order valence-electron chi connectivity index (χ0n) is 5.16. The summed E-state index contributed by atoms with van der Waals surface area (Å²) in [5.74, 6) is -0.0625. The van der Waals surface area contributed by atoms with Gasteiger partial charge in [-0.1, -0.05) is 0 Å². The van der Waals surface area contributed by atoms with Crippen molar-refractivity contribution in [3.05, 3.63) is 11.8 Å². The molecule has 1 radical (unpaired) electrons. The van der Waals surface area contributed by atoms with Gasteiger partial charge in [0.2, 0.25) is 0 Å². The largest absolute Gasteiger partial charge is 0.512 e. The molecule has 0 bridgehead atoms. The molecule has 0 fully saturated rings. The predicted octanol–water partition coefficient (Wildman–Crippen LogP) is 1.03. The minimum Gasteiger partial charge on any atom is -0.512 e. The van der Waals surface area contributed by atoms with Gasteiger partial charge in [-0.3, -0.25) is 4.79 Å². The second-order valence-corrected chi connectivity index (χ2v) is 1.40. The Labute approximate surface area is 75.7 Å². The number of allylic oxidation sites excluding steroid dienone is 2. The molecule has 0 rings (SSSR count). The van der Waals surface area contributed by atoms with Crippen molar-refractivity contribution in [2.45, 2.75) is 13.8 Å². The maximum absolute atomic E-state index is 10.0. The van der Waals surface area contributed by atoms with Crippen LogP contribution in [0.2, 0.25) is 0 Å². The number of rotatable bonds is 1. The van der Waals surface area contributed by atoms with Crippen molar-refractivity contribution in [1.29, 1.82) is 0 Å². The van der Waals surface area contributed by atoms with Crippen molar-refractivity contribution < 1.29 is 44.0 Å². The average molecular weight is 211 g/mol. The Morgan fingerprint density at radius 1 is 1.44 bits per heavy atom. The van der Waals surface area contributed by atoms with Gasteiger partial charge in [0.15, 0.2) is 5.78 Å². The molecule has 0 aromatic heterocycles. The predicted molar refractivity (Wildman–Crippen MR) is 27.1 cm³/mol. The van der Waals surface area contributed by atoms with E-state index in [2.05, 4.69) is 0 Å². The van der Waals surface area contributed by atoms with Crippen LogP contribution in [0.5, 0.6) is 0 Å². The maximum Gasteiger partial charge on any atom is 0.155 e. The van der Waals surface area contributed by atoms with Crippen molar-refractivity contribution in [1.82, 2.24) is 0 Å². The number of aliphatic hydroxyl groups excluding tert-OH is 1. The van der Waals surface area contributed by atoms with E-state index in [9.17, 15) is 4.79 Å². The summed E-state index contributed by atoms with van der Waals surface area (Å²) in [6.07, 6.45) is 1.17. The van der Waals surface area contributed by atoms with Crippen molar-refractivity contribution in [3.63, 3.8) is 0 Å². The molecule has 0 aliphatic heterocycles. The summed E-state index contributed by atoms with van der Waals surface area (Å²) in [6.45, 7) is 2.85. The first-order valence-electron chi connectivity index (χ1n) is 2.01. The van der Waals surface area contributed by atoms with E-state index in [4.69, 9.17) is 5.11 Å². The average Bonchev–Trinajstić information content (AvgIpc) is 1.27. The molecule has 55 valence electrons. The normalized spacial score (nSPS) is 8.89. The SMILES string of the molecule is CC(=O)/C=C(/C)O.[Fe].[Mn]. The first-order chi connectivity index (χ1) is 3.13. The number of aliphatic hydroxyl groups is 1. The van der Waals surface area contributed by atoms with E-state index in [1.807, 2.05) is 0 Å². The maximum atomic E-state index is 10.0. The third kappa shape index (κ3) is 17.8. The third-order valence-corrected chi connectivity index (χ3v) is 0.412. The molecule has 0 saturated heterocycles. The molecule has 0 spiro atoms. The molecular formula is C5H8FeMnO2. The van der Waals surface area contributed by atoms with E-state index < -0.39 is 0 Å². The van der Waals surface area contributed by atoms with Gasteiger partial charge in [0.05, 0.1) is 5.76 Å². The summed E-state index contributed by atoms with van der Waals surface area (Å²) < 4.78 is 0. The fourth-order valence-electron chi connectivity index (χ4n) is 0.294. The molecule has 0 saturated carbocycles. The van der Waals surface area contributed by atoms with Crippen LogP contribution in [-0.2, 0) is 38.9 Å². The van der Waals surface area contributed by atoms with Gasteiger partial charge in [0.25, 0.3) is 0 Å². The molecule has 0 aliphatic carbocycles. The Morgan fingerprint density at radius 3 is 1.78 bits per heavy atom. The molecule has 0 amide bonds. The molecular weight excluding hydrogens is 203 g/mol. The van der Waals surface area contributed by atoms with Crippen LogP contribution in [0.3, 0.4) is 0 Å². The Bertz CT molecular complexity index is 108.